The lowest BCUT2D eigenvalue weighted by molar-refractivity contribution is -0.472. The van der Waals surface area contributed by atoms with Crippen LogP contribution < -0.4 is 14.8 Å². The van der Waals surface area contributed by atoms with E-state index in [0.29, 0.717) is 31.0 Å². The number of nitrogens with one attached hydrogen (secondary N) is 1. The summed E-state index contributed by atoms with van der Waals surface area (Å²) in [6, 6.07) is 6.65. The second-order valence-corrected chi connectivity index (χ2v) is 6.96. The number of nitriles is 1. The molecule has 0 radical (unpaired) electrons. The fourth-order valence-corrected chi connectivity index (χ4v) is 2.94. The van der Waals surface area contributed by atoms with Crippen LogP contribution in [-0.2, 0) is 0 Å². The minimum atomic E-state index is -0.479. The van der Waals surface area contributed by atoms with E-state index >= 15 is 0 Å². The standard InChI is InChI=1S/C19H14IN5O4/c1-11-16(18(26)22-13-4-3-7-25(27)10-13)19(24-23-17(11)20)29-14-6-5-12(9-21)8-15(14)28-2/h3-8H,10H2,1-2H3/p+1. The van der Waals surface area contributed by atoms with E-state index in [1.807, 2.05) is 28.7 Å². The van der Waals surface area contributed by atoms with Gasteiger partial charge in [0.2, 0.25) is 12.7 Å². The number of nitrogens with zero attached hydrogens (tertiary/aromatic N) is 4. The summed E-state index contributed by atoms with van der Waals surface area (Å²) in [6.07, 6.45) is 4.56. The van der Waals surface area contributed by atoms with E-state index in [1.165, 1.54) is 19.4 Å². The first-order valence-electron chi connectivity index (χ1n) is 8.34. The highest BCUT2D eigenvalue weighted by Gasteiger charge is 2.24. The summed E-state index contributed by atoms with van der Waals surface area (Å²) in [5.41, 5.74) is 1.60. The Morgan fingerprint density at radius 1 is 1.34 bits per heavy atom. The zero-order valence-electron chi connectivity index (χ0n) is 15.5. The Morgan fingerprint density at radius 3 is 2.83 bits per heavy atom. The van der Waals surface area contributed by atoms with Gasteiger partial charge in [0.25, 0.3) is 11.8 Å². The number of nitroso groups, excluding NO2 is 1. The molecule has 1 aromatic carbocycles. The minimum absolute atomic E-state index is 0.0191. The maximum absolute atomic E-state index is 12.9. The molecule has 10 heteroatoms. The van der Waals surface area contributed by atoms with Crippen LogP contribution in [0.25, 0.3) is 0 Å². The van der Waals surface area contributed by atoms with E-state index in [-0.39, 0.29) is 23.7 Å². The number of halogens is 1. The third-order valence-electron chi connectivity index (χ3n) is 4.00. The Balaban J connectivity index is 1.97. The molecule has 146 valence electrons. The smallest absolute Gasteiger partial charge is 0.261 e. The summed E-state index contributed by atoms with van der Waals surface area (Å²) in [5, 5.41) is 19.8. The van der Waals surface area contributed by atoms with Crippen molar-refractivity contribution in [1.29, 1.82) is 5.26 Å². The van der Waals surface area contributed by atoms with Crippen molar-refractivity contribution in [3.8, 4) is 23.4 Å². The zero-order valence-corrected chi connectivity index (χ0v) is 17.6. The fraction of sp³-hybridized carbons (Fsp3) is 0.158. The molecule has 3 rings (SSSR count). The number of amides is 1. The molecule has 1 aliphatic heterocycles. The van der Waals surface area contributed by atoms with E-state index in [9.17, 15) is 9.70 Å². The highest BCUT2D eigenvalue weighted by atomic mass is 127. The van der Waals surface area contributed by atoms with E-state index in [1.54, 1.807) is 31.2 Å². The first-order valence-corrected chi connectivity index (χ1v) is 9.42. The lowest BCUT2D eigenvalue weighted by atomic mass is 10.1. The van der Waals surface area contributed by atoms with Crippen LogP contribution in [0.2, 0.25) is 0 Å². The van der Waals surface area contributed by atoms with Gasteiger partial charge in [-0.3, -0.25) is 4.79 Å². The predicted molar refractivity (Wildman–Crippen MR) is 110 cm³/mol. The number of rotatable bonds is 5. The third-order valence-corrected chi connectivity index (χ3v) is 5.03. The highest BCUT2D eigenvalue weighted by molar-refractivity contribution is 14.1. The van der Waals surface area contributed by atoms with Crippen molar-refractivity contribution in [2.75, 3.05) is 13.7 Å². The molecule has 0 spiro atoms. The maximum atomic E-state index is 12.9. The number of allylic oxidation sites excluding steroid dienone is 2. The normalized spacial score (nSPS) is 12.8. The summed E-state index contributed by atoms with van der Waals surface area (Å²) < 4.78 is 12.3. The maximum Gasteiger partial charge on any atom is 0.261 e. The number of methoxy groups -OCH3 is 1. The first kappa shape index (κ1) is 20.4. The van der Waals surface area contributed by atoms with Gasteiger partial charge in [-0.2, -0.15) is 5.26 Å². The Bertz CT molecular complexity index is 1100. The van der Waals surface area contributed by atoms with Crippen LogP contribution in [-0.4, -0.2) is 34.5 Å². The number of carbonyl (C=O) groups excluding carboxylic acids is 1. The van der Waals surface area contributed by atoms with Gasteiger partial charge in [0.1, 0.15) is 9.26 Å². The van der Waals surface area contributed by atoms with E-state index in [2.05, 4.69) is 15.5 Å². The summed E-state index contributed by atoms with van der Waals surface area (Å²) in [7, 11) is 1.44. The number of benzene rings is 1. The van der Waals surface area contributed by atoms with Crippen molar-refractivity contribution in [3.63, 3.8) is 0 Å². The topological polar surface area (TPSA) is 117 Å². The van der Waals surface area contributed by atoms with Crippen LogP contribution >= 0.6 is 22.6 Å². The van der Waals surface area contributed by atoms with Crippen LogP contribution in [0.1, 0.15) is 21.5 Å². The van der Waals surface area contributed by atoms with Crippen molar-refractivity contribution in [1.82, 2.24) is 15.5 Å². The second-order valence-electron chi connectivity index (χ2n) is 5.94. The summed E-state index contributed by atoms with van der Waals surface area (Å²) in [6.45, 7) is 1.75. The first-order chi connectivity index (χ1) is 13.9. The van der Waals surface area contributed by atoms with E-state index < -0.39 is 5.91 Å². The van der Waals surface area contributed by atoms with Gasteiger partial charge in [0.15, 0.2) is 11.5 Å². The molecule has 9 nitrogen and oxygen atoms in total. The molecule has 29 heavy (non-hydrogen) atoms. The molecule has 0 unspecified atom stereocenters. The van der Waals surface area contributed by atoms with Gasteiger partial charge in [-0.25, -0.2) is 0 Å². The van der Waals surface area contributed by atoms with E-state index in [4.69, 9.17) is 14.7 Å². The van der Waals surface area contributed by atoms with Gasteiger partial charge in [0.05, 0.1) is 24.4 Å². The van der Waals surface area contributed by atoms with Crippen LogP contribution in [0.3, 0.4) is 0 Å². The summed E-state index contributed by atoms with van der Waals surface area (Å²) in [4.78, 5) is 24.4. The van der Waals surface area contributed by atoms with Crippen molar-refractivity contribution in [2.45, 2.75) is 6.92 Å². The molecule has 1 aliphatic rings. The van der Waals surface area contributed by atoms with Crippen molar-refractivity contribution >= 4 is 28.5 Å². The lowest BCUT2D eigenvalue weighted by Gasteiger charge is -2.15. The fourth-order valence-electron chi connectivity index (χ4n) is 2.56. The Hall–Kier alpha value is -3.33. The molecule has 0 saturated heterocycles. The minimum Gasteiger partial charge on any atom is -0.493 e. The third kappa shape index (κ3) is 4.57. The van der Waals surface area contributed by atoms with Crippen LogP contribution in [0, 0.1) is 26.9 Å². The van der Waals surface area contributed by atoms with Crippen LogP contribution in [0.4, 0.5) is 0 Å². The lowest BCUT2D eigenvalue weighted by Crippen LogP contribution is -2.29. The van der Waals surface area contributed by atoms with Crippen LogP contribution in [0.5, 0.6) is 17.4 Å². The molecule has 0 bridgehead atoms. The molecule has 2 heterocycles. The monoisotopic (exact) mass is 504 g/mol. The van der Waals surface area contributed by atoms with E-state index in [0.717, 1.165) is 0 Å². The number of hydrogen-bond donors (Lipinski definition) is 1. The molecule has 2 aromatic rings. The molecule has 0 aliphatic carbocycles. The van der Waals surface area contributed by atoms with Gasteiger partial charge in [0, 0.05) is 27.4 Å². The number of aromatic nitrogens is 2. The van der Waals surface area contributed by atoms with Gasteiger partial charge < -0.3 is 14.8 Å². The largest absolute Gasteiger partial charge is 0.493 e. The average molecular weight is 504 g/mol. The Labute approximate surface area is 179 Å². The number of ether oxygens (including phenoxy) is 2. The quantitative estimate of drug-likeness (QED) is 0.492. The SMILES string of the molecule is COc1cc(C#N)ccc1Oc1nnc(I)c(C)c1C(=O)NC1=CC=C[N+](=O)C1. The Kier molecular flexibility index (Phi) is 6.18. The van der Waals surface area contributed by atoms with Crippen molar-refractivity contribution in [3.05, 3.63) is 67.5 Å². The number of carbonyl (C=O) groups is 1. The molecule has 1 amide bonds. The zero-order chi connectivity index (χ0) is 21.0. The highest BCUT2D eigenvalue weighted by Crippen LogP contribution is 2.34. The van der Waals surface area contributed by atoms with Crippen molar-refractivity contribution in [2.24, 2.45) is 0 Å². The predicted octanol–water partition coefficient (Wildman–Crippen LogP) is 2.98. The molecule has 0 atom stereocenters. The molecule has 1 N–H and O–H groups in total. The molecular formula is C19H15IN5O4+. The number of hydrogen-bond acceptors (Lipinski definition) is 7. The summed E-state index contributed by atoms with van der Waals surface area (Å²) >= 11 is 1.97. The summed E-state index contributed by atoms with van der Waals surface area (Å²) in [5.74, 6) is 0.0961. The second kappa shape index (κ2) is 8.78. The molecule has 1 aromatic heterocycles. The molecule has 0 fully saturated rings. The van der Waals surface area contributed by atoms with Gasteiger partial charge >= 0.3 is 0 Å². The van der Waals surface area contributed by atoms with Crippen LogP contribution in [0.15, 0.2) is 42.2 Å². The Morgan fingerprint density at radius 2 is 2.14 bits per heavy atom. The van der Waals surface area contributed by atoms with Gasteiger partial charge in [-0.05, 0) is 47.7 Å². The molecular weight excluding hydrogens is 489 g/mol. The average Bonchev–Trinajstić information content (AvgIpc) is 2.71. The van der Waals surface area contributed by atoms with Gasteiger partial charge in [-0.1, -0.05) is 0 Å². The van der Waals surface area contributed by atoms with Crippen molar-refractivity contribution < 1.29 is 19.0 Å². The van der Waals surface area contributed by atoms with Gasteiger partial charge in [-0.15, -0.1) is 10.2 Å². The molecule has 0 saturated carbocycles.